The lowest BCUT2D eigenvalue weighted by molar-refractivity contribution is 0.297. The molecule has 156 valence electrons. The quantitative estimate of drug-likeness (QED) is 0.369. The van der Waals surface area contributed by atoms with Crippen LogP contribution < -0.4 is 0 Å². The average Bonchev–Trinajstić information content (AvgIpc) is 3.42. The first-order valence-electron chi connectivity index (χ1n) is 11.4. The first kappa shape index (κ1) is 19.1. The van der Waals surface area contributed by atoms with Gasteiger partial charge in [-0.25, -0.2) is 0 Å². The molecule has 1 saturated heterocycles. The van der Waals surface area contributed by atoms with Crippen LogP contribution in [-0.4, -0.2) is 17.3 Å². The van der Waals surface area contributed by atoms with E-state index in [-0.39, 0.29) is 17.5 Å². The summed E-state index contributed by atoms with van der Waals surface area (Å²) in [6.07, 6.45) is 0.924. The van der Waals surface area contributed by atoms with E-state index >= 15 is 0 Å². The molecule has 0 N–H and O–H groups in total. The van der Waals surface area contributed by atoms with Gasteiger partial charge in [-0.2, -0.15) is 0 Å². The molecule has 0 radical (unpaired) electrons. The molecule has 0 aliphatic carbocycles. The Hall–Kier alpha value is -3.65. The summed E-state index contributed by atoms with van der Waals surface area (Å²) in [5.74, 6) is 1.22. The summed E-state index contributed by atoms with van der Waals surface area (Å²) in [6.45, 7) is 0.933. The largest absolute Gasteiger partial charge is 0.349 e. The third-order valence-corrected chi connectivity index (χ3v) is 7.09. The molecular formula is C30H26N2. The highest BCUT2D eigenvalue weighted by Crippen LogP contribution is 2.51. The lowest BCUT2D eigenvalue weighted by atomic mass is 9.73. The molecule has 0 aromatic heterocycles. The molecule has 4 aromatic carbocycles. The Labute approximate surface area is 189 Å². The molecule has 2 heteroatoms. The number of fused-ring (bicyclic) bond motifs is 1. The van der Waals surface area contributed by atoms with Crippen LogP contribution in [0.3, 0.4) is 0 Å². The van der Waals surface area contributed by atoms with Crippen molar-refractivity contribution in [3.05, 3.63) is 144 Å². The molecule has 1 fully saturated rings. The summed E-state index contributed by atoms with van der Waals surface area (Å²) >= 11 is 0. The second-order valence-corrected chi connectivity index (χ2v) is 8.88. The van der Waals surface area contributed by atoms with Crippen LogP contribution in [0, 0.1) is 0 Å². The highest BCUT2D eigenvalue weighted by Gasteiger charge is 2.51. The summed E-state index contributed by atoms with van der Waals surface area (Å²) in [6, 6.07) is 44.0. The molecule has 0 bridgehead atoms. The van der Waals surface area contributed by atoms with Crippen molar-refractivity contribution >= 4 is 5.84 Å². The topological polar surface area (TPSA) is 15.6 Å². The Balaban J connectivity index is 1.49. The van der Waals surface area contributed by atoms with Crippen LogP contribution in [0.1, 0.15) is 40.8 Å². The van der Waals surface area contributed by atoms with Gasteiger partial charge in [-0.15, -0.1) is 0 Å². The van der Waals surface area contributed by atoms with E-state index in [0.717, 1.165) is 13.0 Å². The van der Waals surface area contributed by atoms with Crippen LogP contribution in [0.25, 0.3) is 0 Å². The lowest BCUT2D eigenvalue weighted by Crippen LogP contribution is -2.34. The van der Waals surface area contributed by atoms with E-state index < -0.39 is 0 Å². The number of hydrogen-bond donors (Lipinski definition) is 0. The van der Waals surface area contributed by atoms with Gasteiger partial charge in [0.1, 0.15) is 11.9 Å². The molecule has 32 heavy (non-hydrogen) atoms. The van der Waals surface area contributed by atoms with Gasteiger partial charge in [0.25, 0.3) is 0 Å². The van der Waals surface area contributed by atoms with Gasteiger partial charge in [-0.05, 0) is 22.3 Å². The fourth-order valence-corrected chi connectivity index (χ4v) is 5.58. The zero-order valence-corrected chi connectivity index (χ0v) is 18.0. The predicted molar refractivity (Wildman–Crippen MR) is 131 cm³/mol. The Morgan fingerprint density at radius 2 is 1.06 bits per heavy atom. The summed E-state index contributed by atoms with van der Waals surface area (Å²) in [7, 11) is 0. The Morgan fingerprint density at radius 1 is 0.594 bits per heavy atom. The van der Waals surface area contributed by atoms with Crippen LogP contribution in [0.2, 0.25) is 0 Å². The first-order chi connectivity index (χ1) is 15.9. The zero-order valence-electron chi connectivity index (χ0n) is 18.0. The molecule has 4 aromatic rings. The molecule has 2 aliphatic heterocycles. The fourth-order valence-electron chi connectivity index (χ4n) is 5.58. The van der Waals surface area contributed by atoms with E-state index in [1.54, 1.807) is 0 Å². The normalized spacial score (nSPS) is 21.2. The van der Waals surface area contributed by atoms with Crippen molar-refractivity contribution in [2.24, 2.45) is 4.99 Å². The van der Waals surface area contributed by atoms with Gasteiger partial charge in [-0.1, -0.05) is 121 Å². The van der Waals surface area contributed by atoms with Crippen molar-refractivity contribution in [3.63, 3.8) is 0 Å². The van der Waals surface area contributed by atoms with Gasteiger partial charge in [-0.3, -0.25) is 4.99 Å². The van der Waals surface area contributed by atoms with Crippen LogP contribution in [-0.2, 0) is 5.41 Å². The standard InChI is InChI=1S/C30H26N2/c1-5-13-23(14-6-1)28-29(24-15-7-2-8-16-24)32-22-30(21-27(32)31-28,25-17-9-3-10-18-25)26-19-11-4-12-20-26/h1-20,28-29H,21-22H2/t28-,29-/m0/s1. The maximum Gasteiger partial charge on any atom is 0.102 e. The molecule has 2 heterocycles. The van der Waals surface area contributed by atoms with Gasteiger partial charge in [0, 0.05) is 18.4 Å². The molecule has 2 nitrogen and oxygen atoms in total. The van der Waals surface area contributed by atoms with Gasteiger partial charge in [0.05, 0.1) is 6.04 Å². The summed E-state index contributed by atoms with van der Waals surface area (Å²) in [4.78, 5) is 7.94. The third kappa shape index (κ3) is 3.06. The second-order valence-electron chi connectivity index (χ2n) is 8.88. The smallest absolute Gasteiger partial charge is 0.102 e. The molecule has 6 rings (SSSR count). The predicted octanol–water partition coefficient (Wildman–Crippen LogP) is 6.57. The van der Waals surface area contributed by atoms with Crippen LogP contribution in [0.5, 0.6) is 0 Å². The van der Waals surface area contributed by atoms with E-state index in [0.29, 0.717) is 0 Å². The maximum absolute atomic E-state index is 5.37. The summed E-state index contributed by atoms with van der Waals surface area (Å²) in [5, 5.41) is 0. The maximum atomic E-state index is 5.37. The number of benzene rings is 4. The van der Waals surface area contributed by atoms with E-state index in [1.165, 1.54) is 28.1 Å². The van der Waals surface area contributed by atoms with Crippen molar-refractivity contribution in [2.45, 2.75) is 23.9 Å². The molecule has 0 saturated carbocycles. The van der Waals surface area contributed by atoms with Crippen molar-refractivity contribution in [1.29, 1.82) is 0 Å². The van der Waals surface area contributed by atoms with Crippen LogP contribution >= 0.6 is 0 Å². The van der Waals surface area contributed by atoms with Crippen LogP contribution in [0.15, 0.2) is 126 Å². The minimum atomic E-state index is -0.0873. The van der Waals surface area contributed by atoms with E-state index in [4.69, 9.17) is 4.99 Å². The minimum Gasteiger partial charge on any atom is -0.349 e. The summed E-state index contributed by atoms with van der Waals surface area (Å²) in [5.41, 5.74) is 5.26. The number of hydrogen-bond acceptors (Lipinski definition) is 2. The van der Waals surface area contributed by atoms with Crippen molar-refractivity contribution < 1.29 is 0 Å². The second kappa shape index (κ2) is 7.80. The van der Waals surface area contributed by atoms with Crippen molar-refractivity contribution in [1.82, 2.24) is 4.90 Å². The molecule has 0 unspecified atom stereocenters. The van der Waals surface area contributed by atoms with Gasteiger partial charge >= 0.3 is 0 Å². The summed E-state index contributed by atoms with van der Waals surface area (Å²) < 4.78 is 0. The Kier molecular flexibility index (Phi) is 4.65. The van der Waals surface area contributed by atoms with Gasteiger partial charge in [0.2, 0.25) is 0 Å². The number of amidine groups is 1. The minimum absolute atomic E-state index is 0.0873. The highest BCUT2D eigenvalue weighted by atomic mass is 15.3. The number of aliphatic imine (C=N–C) groups is 1. The number of rotatable bonds is 4. The molecule has 2 atom stereocenters. The first-order valence-corrected chi connectivity index (χ1v) is 11.4. The molecule has 0 amide bonds. The zero-order chi connectivity index (χ0) is 21.4. The van der Waals surface area contributed by atoms with Crippen molar-refractivity contribution in [2.75, 3.05) is 6.54 Å². The molecule has 2 aliphatic rings. The molecular weight excluding hydrogens is 388 g/mol. The molecule has 0 spiro atoms. The Bertz CT molecular complexity index is 1180. The van der Waals surface area contributed by atoms with E-state index in [2.05, 4.69) is 126 Å². The monoisotopic (exact) mass is 414 g/mol. The van der Waals surface area contributed by atoms with Crippen molar-refractivity contribution in [3.8, 4) is 0 Å². The van der Waals surface area contributed by atoms with E-state index in [9.17, 15) is 0 Å². The SMILES string of the molecule is c1ccc([C@@H]2N=C3CC(c4ccccc4)(c4ccccc4)CN3[C@H]2c2ccccc2)cc1. The number of nitrogens with zero attached hydrogens (tertiary/aromatic N) is 2. The van der Waals surface area contributed by atoms with Crippen LogP contribution in [0.4, 0.5) is 0 Å². The Morgan fingerprint density at radius 3 is 1.59 bits per heavy atom. The fraction of sp³-hybridized carbons (Fsp3) is 0.167. The average molecular weight is 415 g/mol. The van der Waals surface area contributed by atoms with Gasteiger partial charge < -0.3 is 4.90 Å². The lowest BCUT2D eigenvalue weighted by Gasteiger charge is -2.34. The highest BCUT2D eigenvalue weighted by molar-refractivity contribution is 5.90. The third-order valence-electron chi connectivity index (χ3n) is 7.09. The van der Waals surface area contributed by atoms with Gasteiger partial charge in [0.15, 0.2) is 0 Å². The van der Waals surface area contributed by atoms with E-state index in [1.807, 2.05) is 0 Å².